The number of para-hydroxylation sites is 1. The molecule has 0 spiro atoms. The summed E-state index contributed by atoms with van der Waals surface area (Å²) in [7, 11) is 0. The van der Waals surface area contributed by atoms with E-state index in [9.17, 15) is 0 Å². The molecule has 0 aliphatic rings. The van der Waals surface area contributed by atoms with Crippen LogP contribution in [-0.4, -0.2) is 21.9 Å². The van der Waals surface area contributed by atoms with Crippen molar-refractivity contribution in [1.29, 1.82) is 0 Å². The average Bonchev–Trinajstić information content (AvgIpc) is 2.71. The molecule has 5 heteroatoms. The van der Waals surface area contributed by atoms with Crippen molar-refractivity contribution in [3.63, 3.8) is 0 Å². The minimum atomic E-state index is 0.217. The molecule has 1 atom stereocenters. The maximum absolute atomic E-state index is 8.82. The highest BCUT2D eigenvalue weighted by molar-refractivity contribution is 7.99. The number of aromatic nitrogens is 1. The first-order valence-electron chi connectivity index (χ1n) is 5.57. The van der Waals surface area contributed by atoms with E-state index in [-0.39, 0.29) is 6.61 Å². The van der Waals surface area contributed by atoms with Gasteiger partial charge >= 0.3 is 0 Å². The van der Waals surface area contributed by atoms with Gasteiger partial charge in [-0.05, 0) is 18.6 Å². The van der Waals surface area contributed by atoms with Gasteiger partial charge in [0.25, 0.3) is 0 Å². The molecule has 0 bridgehead atoms. The summed E-state index contributed by atoms with van der Waals surface area (Å²) in [6.07, 6.45) is 0.785. The third-order valence-corrected chi connectivity index (χ3v) is 3.74. The van der Waals surface area contributed by atoms with Crippen LogP contribution in [0.1, 0.15) is 19.2 Å². The topological polar surface area (TPSA) is 72.3 Å². The van der Waals surface area contributed by atoms with Gasteiger partial charge in [0.15, 0.2) is 5.58 Å². The Morgan fingerprint density at radius 2 is 2.35 bits per heavy atom. The summed E-state index contributed by atoms with van der Waals surface area (Å²) in [5.41, 5.74) is 7.92. The molecule has 0 fully saturated rings. The van der Waals surface area contributed by atoms with Gasteiger partial charge in [0, 0.05) is 11.9 Å². The van der Waals surface area contributed by atoms with E-state index in [1.54, 1.807) is 11.8 Å². The number of nitrogens with two attached hydrogens (primary N) is 1. The summed E-state index contributed by atoms with van der Waals surface area (Å²) < 4.78 is 5.60. The van der Waals surface area contributed by atoms with E-state index < -0.39 is 0 Å². The Morgan fingerprint density at radius 1 is 1.53 bits per heavy atom. The molecule has 1 unspecified atom stereocenters. The molecule has 92 valence electrons. The summed E-state index contributed by atoms with van der Waals surface area (Å²) in [5, 5.41) is 9.21. The second kappa shape index (κ2) is 5.42. The van der Waals surface area contributed by atoms with E-state index in [0.29, 0.717) is 22.6 Å². The fourth-order valence-electron chi connectivity index (χ4n) is 1.56. The van der Waals surface area contributed by atoms with Gasteiger partial charge in [0.2, 0.25) is 5.89 Å². The van der Waals surface area contributed by atoms with Crippen molar-refractivity contribution in [1.82, 2.24) is 4.98 Å². The minimum Gasteiger partial charge on any atom is -0.440 e. The van der Waals surface area contributed by atoms with Gasteiger partial charge in [-0.2, -0.15) is 0 Å². The van der Waals surface area contributed by atoms with E-state index in [4.69, 9.17) is 15.3 Å². The Balaban J connectivity index is 2.07. The SMILES string of the molecule is CC(CCO)SCc1nc2c(N)cccc2o1. The molecule has 0 saturated heterocycles. The Bertz CT molecular complexity index is 498. The highest BCUT2D eigenvalue weighted by Gasteiger charge is 2.09. The average molecular weight is 252 g/mol. The number of thioether (sulfide) groups is 1. The first kappa shape index (κ1) is 12.3. The number of rotatable bonds is 5. The van der Waals surface area contributed by atoms with Crippen molar-refractivity contribution in [2.45, 2.75) is 24.3 Å². The molecule has 0 saturated carbocycles. The summed E-state index contributed by atoms with van der Waals surface area (Å²) >= 11 is 1.72. The highest BCUT2D eigenvalue weighted by atomic mass is 32.2. The van der Waals surface area contributed by atoms with Gasteiger partial charge in [-0.25, -0.2) is 4.98 Å². The molecule has 1 heterocycles. The fourth-order valence-corrected chi connectivity index (χ4v) is 2.38. The van der Waals surface area contributed by atoms with Gasteiger partial charge in [-0.1, -0.05) is 13.0 Å². The number of benzene rings is 1. The zero-order chi connectivity index (χ0) is 12.3. The van der Waals surface area contributed by atoms with Crippen LogP contribution >= 0.6 is 11.8 Å². The molecule has 1 aromatic heterocycles. The Labute approximate surface area is 104 Å². The molecule has 2 rings (SSSR count). The number of aliphatic hydroxyl groups excluding tert-OH is 1. The number of hydrogen-bond donors (Lipinski definition) is 2. The lowest BCUT2D eigenvalue weighted by Crippen LogP contribution is -1.99. The molecular weight excluding hydrogens is 236 g/mol. The molecule has 4 nitrogen and oxygen atoms in total. The third-order valence-electron chi connectivity index (χ3n) is 2.52. The van der Waals surface area contributed by atoms with E-state index in [0.717, 1.165) is 17.5 Å². The first-order valence-corrected chi connectivity index (χ1v) is 6.62. The molecule has 0 amide bonds. The second-order valence-corrected chi connectivity index (χ2v) is 5.36. The Hall–Kier alpha value is -1.20. The van der Waals surface area contributed by atoms with Crippen molar-refractivity contribution in [3.8, 4) is 0 Å². The van der Waals surface area contributed by atoms with Crippen molar-refractivity contribution in [2.75, 3.05) is 12.3 Å². The van der Waals surface area contributed by atoms with Crippen LogP contribution in [0, 0.1) is 0 Å². The van der Waals surface area contributed by atoms with Gasteiger partial charge in [-0.15, -0.1) is 11.8 Å². The van der Waals surface area contributed by atoms with E-state index in [1.165, 1.54) is 0 Å². The largest absolute Gasteiger partial charge is 0.440 e. The van der Waals surface area contributed by atoms with E-state index in [2.05, 4.69) is 11.9 Å². The molecule has 0 aliphatic heterocycles. The third kappa shape index (κ3) is 2.92. The molecule has 1 aromatic carbocycles. The monoisotopic (exact) mass is 252 g/mol. The number of fused-ring (bicyclic) bond motifs is 1. The predicted molar refractivity (Wildman–Crippen MR) is 70.9 cm³/mol. The van der Waals surface area contributed by atoms with Gasteiger partial charge < -0.3 is 15.3 Å². The first-order chi connectivity index (χ1) is 8.20. The highest BCUT2D eigenvalue weighted by Crippen LogP contribution is 2.25. The number of hydrogen-bond acceptors (Lipinski definition) is 5. The Morgan fingerprint density at radius 3 is 3.06 bits per heavy atom. The summed E-state index contributed by atoms with van der Waals surface area (Å²) in [4.78, 5) is 4.37. The lowest BCUT2D eigenvalue weighted by molar-refractivity contribution is 0.289. The van der Waals surface area contributed by atoms with Crippen molar-refractivity contribution >= 4 is 28.5 Å². The van der Waals surface area contributed by atoms with Gasteiger partial charge in [0.1, 0.15) is 5.52 Å². The minimum absolute atomic E-state index is 0.217. The molecule has 0 aliphatic carbocycles. The molecule has 17 heavy (non-hydrogen) atoms. The lowest BCUT2D eigenvalue weighted by Gasteiger charge is -2.06. The summed E-state index contributed by atoms with van der Waals surface area (Å²) in [5.74, 6) is 1.39. The summed E-state index contributed by atoms with van der Waals surface area (Å²) in [6, 6.07) is 5.54. The van der Waals surface area contributed by atoms with Crippen LogP contribution in [0.5, 0.6) is 0 Å². The molecular formula is C12H16N2O2S. The van der Waals surface area contributed by atoms with Crippen LogP contribution in [0.4, 0.5) is 5.69 Å². The van der Waals surface area contributed by atoms with Crippen LogP contribution in [0.3, 0.4) is 0 Å². The standard InChI is InChI=1S/C12H16N2O2S/c1-8(5-6-15)17-7-11-14-12-9(13)3-2-4-10(12)16-11/h2-4,8,15H,5-7,13H2,1H3. The van der Waals surface area contributed by atoms with Crippen molar-refractivity contribution in [2.24, 2.45) is 0 Å². The quantitative estimate of drug-likeness (QED) is 0.799. The maximum atomic E-state index is 8.82. The van der Waals surface area contributed by atoms with Gasteiger partial charge in [-0.3, -0.25) is 0 Å². The number of aliphatic hydroxyl groups is 1. The molecule has 0 radical (unpaired) electrons. The van der Waals surface area contributed by atoms with Crippen LogP contribution in [0.15, 0.2) is 22.6 Å². The lowest BCUT2D eigenvalue weighted by atomic mass is 10.3. The van der Waals surface area contributed by atoms with Crippen LogP contribution in [-0.2, 0) is 5.75 Å². The zero-order valence-corrected chi connectivity index (χ0v) is 10.5. The van der Waals surface area contributed by atoms with Crippen LogP contribution < -0.4 is 5.73 Å². The number of oxazole rings is 1. The van der Waals surface area contributed by atoms with Crippen molar-refractivity contribution in [3.05, 3.63) is 24.1 Å². The van der Waals surface area contributed by atoms with Crippen LogP contribution in [0.2, 0.25) is 0 Å². The fraction of sp³-hybridized carbons (Fsp3) is 0.417. The maximum Gasteiger partial charge on any atom is 0.205 e. The molecule has 3 N–H and O–H groups in total. The van der Waals surface area contributed by atoms with Crippen molar-refractivity contribution < 1.29 is 9.52 Å². The predicted octanol–water partition coefficient (Wildman–Crippen LogP) is 2.41. The van der Waals surface area contributed by atoms with E-state index >= 15 is 0 Å². The second-order valence-electron chi connectivity index (χ2n) is 3.94. The van der Waals surface area contributed by atoms with Crippen LogP contribution in [0.25, 0.3) is 11.1 Å². The molecule has 2 aromatic rings. The zero-order valence-electron chi connectivity index (χ0n) is 9.72. The summed E-state index contributed by atoms with van der Waals surface area (Å²) in [6.45, 7) is 2.30. The number of nitrogen functional groups attached to an aromatic ring is 1. The van der Waals surface area contributed by atoms with Gasteiger partial charge in [0.05, 0.1) is 11.4 Å². The Kier molecular flexibility index (Phi) is 3.91. The smallest absolute Gasteiger partial charge is 0.205 e. The van der Waals surface area contributed by atoms with E-state index in [1.807, 2.05) is 18.2 Å². The number of nitrogens with zero attached hydrogens (tertiary/aromatic N) is 1. The normalized spacial score (nSPS) is 13.1. The number of anilines is 1.